The van der Waals surface area contributed by atoms with Crippen LogP contribution >= 0.6 is 11.3 Å². The van der Waals surface area contributed by atoms with Gasteiger partial charge < -0.3 is 23.5 Å². The van der Waals surface area contributed by atoms with E-state index in [0.29, 0.717) is 44.8 Å². The van der Waals surface area contributed by atoms with Crippen LogP contribution in [0.4, 0.5) is 0 Å². The molecule has 0 N–H and O–H groups in total. The predicted molar refractivity (Wildman–Crippen MR) is 133 cm³/mol. The standard InChI is InChI=1S/C25H23N5O5S/c1-6-34-24(31)23-15(2)30(3)25(36-23)29-28-14-16-9-20(32-4)22(21(10-16)33-5)35-19-8-7-17(12-26)18(11-19)13-27/h7-11,14H,6H2,1-5H3/b28-14+,29-25+. The third-order valence-corrected chi connectivity index (χ3v) is 6.26. The average molecular weight is 506 g/mol. The molecule has 0 aliphatic rings. The van der Waals surface area contributed by atoms with Crippen LogP contribution in [-0.4, -0.2) is 37.6 Å². The van der Waals surface area contributed by atoms with E-state index in [1.54, 1.807) is 36.7 Å². The van der Waals surface area contributed by atoms with Crippen LogP contribution in [0.3, 0.4) is 0 Å². The molecule has 10 nitrogen and oxygen atoms in total. The number of aromatic nitrogens is 1. The second-order valence-corrected chi connectivity index (χ2v) is 8.19. The molecule has 11 heteroatoms. The van der Waals surface area contributed by atoms with Crippen molar-refractivity contribution in [3.8, 4) is 35.1 Å². The van der Waals surface area contributed by atoms with E-state index in [1.165, 1.54) is 43.9 Å². The largest absolute Gasteiger partial charge is 0.493 e. The number of nitrogens with zero attached hydrogens (tertiary/aromatic N) is 5. The molecule has 184 valence electrons. The highest BCUT2D eigenvalue weighted by atomic mass is 32.1. The highest BCUT2D eigenvalue weighted by Crippen LogP contribution is 2.41. The lowest BCUT2D eigenvalue weighted by Crippen LogP contribution is -2.11. The summed E-state index contributed by atoms with van der Waals surface area (Å²) in [6.45, 7) is 3.86. The van der Waals surface area contributed by atoms with Gasteiger partial charge in [0.25, 0.3) is 0 Å². The predicted octanol–water partition coefficient (Wildman–Crippen LogP) is 4.06. The molecule has 3 rings (SSSR count). The lowest BCUT2D eigenvalue weighted by Gasteiger charge is -2.15. The summed E-state index contributed by atoms with van der Waals surface area (Å²) >= 11 is 1.19. The van der Waals surface area contributed by atoms with Gasteiger partial charge in [-0.15, -0.1) is 5.10 Å². The second-order valence-electron chi connectivity index (χ2n) is 7.21. The third kappa shape index (κ3) is 5.54. The molecule has 1 aromatic heterocycles. The number of carbonyl (C=O) groups is 1. The maximum absolute atomic E-state index is 12.1. The summed E-state index contributed by atoms with van der Waals surface area (Å²) < 4.78 is 23.8. The van der Waals surface area contributed by atoms with E-state index in [4.69, 9.17) is 24.2 Å². The molecule has 2 aromatic carbocycles. The minimum Gasteiger partial charge on any atom is -0.493 e. The Balaban J connectivity index is 1.94. The van der Waals surface area contributed by atoms with Crippen molar-refractivity contribution in [3.05, 3.63) is 62.4 Å². The van der Waals surface area contributed by atoms with Crippen LogP contribution in [0.5, 0.6) is 23.0 Å². The van der Waals surface area contributed by atoms with Gasteiger partial charge in [-0.2, -0.15) is 15.6 Å². The lowest BCUT2D eigenvalue weighted by molar-refractivity contribution is 0.0530. The molecule has 0 aliphatic carbocycles. The smallest absolute Gasteiger partial charge is 0.350 e. The molecule has 0 radical (unpaired) electrons. The van der Waals surface area contributed by atoms with Crippen LogP contribution in [0.2, 0.25) is 0 Å². The van der Waals surface area contributed by atoms with E-state index in [9.17, 15) is 10.1 Å². The van der Waals surface area contributed by atoms with E-state index < -0.39 is 5.97 Å². The van der Waals surface area contributed by atoms with Crippen molar-refractivity contribution in [2.45, 2.75) is 13.8 Å². The first kappa shape index (κ1) is 26.0. The average Bonchev–Trinajstić information content (AvgIpc) is 3.17. The van der Waals surface area contributed by atoms with Crippen molar-refractivity contribution in [3.63, 3.8) is 0 Å². The number of nitriles is 2. The zero-order valence-corrected chi connectivity index (χ0v) is 21.2. The summed E-state index contributed by atoms with van der Waals surface area (Å²) in [5.74, 6) is 0.968. The van der Waals surface area contributed by atoms with Crippen molar-refractivity contribution in [2.75, 3.05) is 20.8 Å². The Morgan fingerprint density at radius 3 is 2.36 bits per heavy atom. The number of benzene rings is 2. The fraction of sp³-hybridized carbons (Fsp3) is 0.240. The number of thiazole rings is 1. The molecule has 0 unspecified atom stereocenters. The van der Waals surface area contributed by atoms with Crippen molar-refractivity contribution in [1.82, 2.24) is 4.57 Å². The number of hydrogen-bond acceptors (Lipinski definition) is 10. The minimum atomic E-state index is -0.393. The Morgan fingerprint density at radius 2 is 1.78 bits per heavy atom. The Hall–Kier alpha value is -4.61. The third-order valence-electron chi connectivity index (χ3n) is 5.06. The van der Waals surface area contributed by atoms with Gasteiger partial charge >= 0.3 is 5.97 Å². The van der Waals surface area contributed by atoms with E-state index in [1.807, 2.05) is 19.1 Å². The maximum Gasteiger partial charge on any atom is 0.350 e. The lowest BCUT2D eigenvalue weighted by atomic mass is 10.1. The van der Waals surface area contributed by atoms with Crippen molar-refractivity contribution in [2.24, 2.45) is 17.3 Å². The van der Waals surface area contributed by atoms with Crippen LogP contribution in [0.25, 0.3) is 0 Å². The van der Waals surface area contributed by atoms with Crippen LogP contribution in [0.15, 0.2) is 40.5 Å². The van der Waals surface area contributed by atoms with E-state index in [0.717, 1.165) is 5.69 Å². The zero-order valence-electron chi connectivity index (χ0n) is 20.4. The van der Waals surface area contributed by atoms with Gasteiger partial charge in [0.05, 0.1) is 38.2 Å². The van der Waals surface area contributed by atoms with Gasteiger partial charge in [-0.1, -0.05) is 11.3 Å². The Morgan fingerprint density at radius 1 is 1.11 bits per heavy atom. The molecule has 1 heterocycles. The molecule has 0 spiro atoms. The highest BCUT2D eigenvalue weighted by molar-refractivity contribution is 7.11. The number of ether oxygens (including phenoxy) is 4. The van der Waals surface area contributed by atoms with E-state index >= 15 is 0 Å². The molecule has 0 atom stereocenters. The zero-order chi connectivity index (χ0) is 26.2. The number of carbonyl (C=O) groups excluding carboxylic acids is 1. The molecule has 0 fully saturated rings. The van der Waals surface area contributed by atoms with Gasteiger partial charge in [0.2, 0.25) is 10.6 Å². The summed E-state index contributed by atoms with van der Waals surface area (Å²) in [6.07, 6.45) is 1.52. The molecule has 0 saturated carbocycles. The number of methoxy groups -OCH3 is 2. The van der Waals surface area contributed by atoms with Gasteiger partial charge in [0.15, 0.2) is 11.5 Å². The van der Waals surface area contributed by atoms with Crippen LogP contribution in [0.1, 0.15) is 39.0 Å². The molecule has 0 saturated heterocycles. The van der Waals surface area contributed by atoms with Gasteiger partial charge in [-0.25, -0.2) is 4.79 Å². The number of rotatable bonds is 8. The maximum atomic E-state index is 12.1. The van der Waals surface area contributed by atoms with Gasteiger partial charge in [-0.3, -0.25) is 0 Å². The summed E-state index contributed by atoms with van der Waals surface area (Å²) in [4.78, 5) is 13.1. The topological polar surface area (TPSA) is 131 Å². The summed E-state index contributed by atoms with van der Waals surface area (Å²) in [5.41, 5.74) is 1.81. The SMILES string of the molecule is CCOC(=O)c1s/c(=N/N=C/c2cc(OC)c(Oc3ccc(C#N)c(C#N)c3)c(OC)c2)n(C)c1C. The Bertz CT molecular complexity index is 1450. The molecule has 0 amide bonds. The molecular weight excluding hydrogens is 482 g/mol. The van der Waals surface area contributed by atoms with Gasteiger partial charge in [0, 0.05) is 18.3 Å². The molecule has 36 heavy (non-hydrogen) atoms. The summed E-state index contributed by atoms with van der Waals surface area (Å²) in [5, 5.41) is 26.8. The molecule has 0 aliphatic heterocycles. The monoisotopic (exact) mass is 505 g/mol. The normalized spacial score (nSPS) is 11.1. The van der Waals surface area contributed by atoms with Gasteiger partial charge in [0.1, 0.15) is 22.8 Å². The van der Waals surface area contributed by atoms with Crippen LogP contribution in [0, 0.1) is 29.6 Å². The second kappa shape index (κ2) is 11.7. The van der Waals surface area contributed by atoms with E-state index in [2.05, 4.69) is 10.2 Å². The number of esters is 1. The van der Waals surface area contributed by atoms with Crippen molar-refractivity contribution < 1.29 is 23.7 Å². The molecule has 0 bridgehead atoms. The fourth-order valence-corrected chi connectivity index (χ4v) is 4.09. The number of hydrogen-bond donors (Lipinski definition) is 0. The summed E-state index contributed by atoms with van der Waals surface area (Å²) in [6, 6.07) is 11.9. The van der Waals surface area contributed by atoms with E-state index in [-0.39, 0.29) is 11.1 Å². The van der Waals surface area contributed by atoms with Crippen LogP contribution < -0.4 is 19.0 Å². The first-order chi connectivity index (χ1) is 17.4. The molecular formula is C25H23N5O5S. The van der Waals surface area contributed by atoms with Crippen LogP contribution in [-0.2, 0) is 11.8 Å². The molecule has 3 aromatic rings. The summed E-state index contributed by atoms with van der Waals surface area (Å²) in [7, 11) is 4.76. The Labute approximate surface area is 211 Å². The minimum absolute atomic E-state index is 0.196. The fourth-order valence-electron chi connectivity index (χ4n) is 3.12. The first-order valence-corrected chi connectivity index (χ1v) is 11.5. The van der Waals surface area contributed by atoms with Crippen molar-refractivity contribution >= 4 is 23.5 Å². The quantitative estimate of drug-likeness (QED) is 0.256. The van der Waals surface area contributed by atoms with Gasteiger partial charge in [-0.05, 0) is 44.2 Å². The van der Waals surface area contributed by atoms with Crippen molar-refractivity contribution in [1.29, 1.82) is 10.5 Å². The Kier molecular flexibility index (Phi) is 8.44. The first-order valence-electron chi connectivity index (χ1n) is 10.7. The highest BCUT2D eigenvalue weighted by Gasteiger charge is 2.17.